The first-order valence-corrected chi connectivity index (χ1v) is 11.6. The molecule has 0 saturated heterocycles. The monoisotopic (exact) mass is 478 g/mol. The van der Waals surface area contributed by atoms with Crippen molar-refractivity contribution in [1.29, 1.82) is 0 Å². The van der Waals surface area contributed by atoms with E-state index in [0.29, 0.717) is 48.7 Å². The summed E-state index contributed by atoms with van der Waals surface area (Å²) in [4.78, 5) is 11.8. The number of hydrogen-bond acceptors (Lipinski definition) is 5. The molecule has 9 heteroatoms. The number of hydrogen-bond donors (Lipinski definition) is 5. The lowest BCUT2D eigenvalue weighted by atomic mass is 9.66. The number of unbranched alkanes of at least 4 members (excludes halogenated alkanes) is 1. The second-order valence-electron chi connectivity index (χ2n) is 8.64. The maximum Gasteiger partial charge on any atom is 0.451 e. The average Bonchev–Trinajstić information content (AvgIpc) is 2.72. The Hall–Kier alpha value is -1.61. The van der Waals surface area contributed by atoms with Gasteiger partial charge in [-0.1, -0.05) is 66.4 Å². The van der Waals surface area contributed by atoms with E-state index in [2.05, 4.69) is 17.4 Å². The van der Waals surface area contributed by atoms with Gasteiger partial charge in [0.25, 0.3) is 0 Å². The molecule has 1 fully saturated rings. The van der Waals surface area contributed by atoms with Gasteiger partial charge < -0.3 is 26.2 Å². The standard InChI is InChI=1S/C23H29BCl2N2O4/c25-20-8-7-17(11-21(20)26)16-5-3-15(4-6-16)14-28-19-12-18(13-19)23(27,22(29)30)9-1-2-10-24(31)32/h3-8,11,18-19,28,31-32H,1-2,9-10,12-14,27H2,(H,29,30). The van der Waals surface area contributed by atoms with Crippen LogP contribution in [0.15, 0.2) is 42.5 Å². The largest absolute Gasteiger partial charge is 0.480 e. The van der Waals surface area contributed by atoms with E-state index in [4.69, 9.17) is 39.0 Å². The van der Waals surface area contributed by atoms with Gasteiger partial charge in [0.1, 0.15) is 5.54 Å². The molecule has 172 valence electrons. The number of nitrogens with one attached hydrogen (secondary N) is 1. The molecule has 32 heavy (non-hydrogen) atoms. The third-order valence-electron chi connectivity index (χ3n) is 6.37. The molecule has 6 N–H and O–H groups in total. The van der Waals surface area contributed by atoms with Gasteiger partial charge in [0.15, 0.2) is 0 Å². The molecule has 0 radical (unpaired) electrons. The van der Waals surface area contributed by atoms with E-state index >= 15 is 0 Å². The second-order valence-corrected chi connectivity index (χ2v) is 9.46. The number of aliphatic carboxylic acids is 1. The topological polar surface area (TPSA) is 116 Å². The molecule has 0 aliphatic heterocycles. The van der Waals surface area contributed by atoms with Gasteiger partial charge >= 0.3 is 13.1 Å². The molecule has 0 aromatic heterocycles. The summed E-state index contributed by atoms with van der Waals surface area (Å²) in [6, 6.07) is 14.0. The molecular formula is C23H29BCl2N2O4. The van der Waals surface area contributed by atoms with Crippen LogP contribution in [0.5, 0.6) is 0 Å². The molecule has 0 heterocycles. The molecule has 1 saturated carbocycles. The molecule has 6 nitrogen and oxygen atoms in total. The van der Waals surface area contributed by atoms with Crippen LogP contribution < -0.4 is 11.1 Å². The SMILES string of the molecule is NC(CCCCB(O)O)(C(=O)O)C1CC(NCc2ccc(-c3ccc(Cl)c(Cl)c3)cc2)C1. The van der Waals surface area contributed by atoms with Crippen LogP contribution in [0.1, 0.15) is 37.7 Å². The molecule has 1 atom stereocenters. The van der Waals surface area contributed by atoms with E-state index < -0.39 is 18.6 Å². The van der Waals surface area contributed by atoms with Crippen LogP contribution in [0.4, 0.5) is 0 Å². The fourth-order valence-electron chi connectivity index (χ4n) is 4.19. The summed E-state index contributed by atoms with van der Waals surface area (Å²) >= 11 is 12.1. The molecule has 2 aromatic rings. The fraction of sp³-hybridized carbons (Fsp3) is 0.435. The van der Waals surface area contributed by atoms with Crippen molar-refractivity contribution in [2.24, 2.45) is 11.7 Å². The summed E-state index contributed by atoms with van der Waals surface area (Å²) in [6.07, 6.45) is 3.09. The van der Waals surface area contributed by atoms with Crippen LogP contribution in [0, 0.1) is 5.92 Å². The highest BCUT2D eigenvalue weighted by Crippen LogP contribution is 2.38. The normalized spacial score (nSPS) is 19.8. The van der Waals surface area contributed by atoms with Crippen molar-refractivity contribution >= 4 is 36.3 Å². The van der Waals surface area contributed by atoms with Crippen LogP contribution in [0.2, 0.25) is 16.4 Å². The van der Waals surface area contributed by atoms with Gasteiger partial charge in [-0.15, -0.1) is 0 Å². The van der Waals surface area contributed by atoms with Crippen LogP contribution in [-0.2, 0) is 11.3 Å². The molecule has 0 bridgehead atoms. The lowest BCUT2D eigenvalue weighted by Gasteiger charge is -2.45. The van der Waals surface area contributed by atoms with Crippen molar-refractivity contribution in [3.8, 4) is 11.1 Å². The third-order valence-corrected chi connectivity index (χ3v) is 7.11. The minimum Gasteiger partial charge on any atom is -0.480 e. The van der Waals surface area contributed by atoms with E-state index in [1.165, 1.54) is 0 Å². The van der Waals surface area contributed by atoms with Crippen LogP contribution >= 0.6 is 23.2 Å². The lowest BCUT2D eigenvalue weighted by molar-refractivity contribution is -0.148. The predicted molar refractivity (Wildman–Crippen MR) is 129 cm³/mol. The zero-order valence-electron chi connectivity index (χ0n) is 17.8. The van der Waals surface area contributed by atoms with E-state index in [0.717, 1.165) is 16.7 Å². The number of benzene rings is 2. The number of carbonyl (C=O) groups is 1. The minimum absolute atomic E-state index is 0.0893. The first kappa shape index (κ1) is 25.0. The number of halogens is 2. The molecule has 3 rings (SSSR count). The molecule has 2 aromatic carbocycles. The Morgan fingerprint density at radius 2 is 1.72 bits per heavy atom. The van der Waals surface area contributed by atoms with Gasteiger partial charge in [0.2, 0.25) is 0 Å². The third kappa shape index (κ3) is 6.25. The molecule has 0 amide bonds. The lowest BCUT2D eigenvalue weighted by Crippen LogP contribution is -2.61. The Labute approximate surface area is 198 Å². The highest BCUT2D eigenvalue weighted by atomic mass is 35.5. The van der Waals surface area contributed by atoms with Crippen LogP contribution in [0.25, 0.3) is 11.1 Å². The fourth-order valence-corrected chi connectivity index (χ4v) is 4.49. The van der Waals surface area contributed by atoms with E-state index in [9.17, 15) is 9.90 Å². The Balaban J connectivity index is 1.47. The summed E-state index contributed by atoms with van der Waals surface area (Å²) < 4.78 is 0. The summed E-state index contributed by atoms with van der Waals surface area (Å²) in [5.41, 5.74) is 8.18. The maximum atomic E-state index is 11.8. The zero-order valence-corrected chi connectivity index (χ0v) is 19.3. The first-order chi connectivity index (χ1) is 15.2. The van der Waals surface area contributed by atoms with Gasteiger partial charge in [-0.2, -0.15) is 0 Å². The Morgan fingerprint density at radius 3 is 2.31 bits per heavy atom. The Bertz CT molecular complexity index is 923. The van der Waals surface area contributed by atoms with E-state index in [1.807, 2.05) is 24.3 Å². The average molecular weight is 479 g/mol. The van der Waals surface area contributed by atoms with Crippen LogP contribution in [0.3, 0.4) is 0 Å². The van der Waals surface area contributed by atoms with Gasteiger partial charge in [-0.25, -0.2) is 0 Å². The number of carboxylic acids is 1. The quantitative estimate of drug-likeness (QED) is 0.246. The van der Waals surface area contributed by atoms with Gasteiger partial charge in [0.05, 0.1) is 10.0 Å². The van der Waals surface area contributed by atoms with Crippen LogP contribution in [-0.4, -0.2) is 39.8 Å². The van der Waals surface area contributed by atoms with Crippen molar-refractivity contribution in [2.75, 3.05) is 0 Å². The highest BCUT2D eigenvalue weighted by molar-refractivity contribution is 6.42. The summed E-state index contributed by atoms with van der Waals surface area (Å²) in [7, 11) is -1.36. The summed E-state index contributed by atoms with van der Waals surface area (Å²) in [5, 5.41) is 32.1. The molecule has 1 aliphatic rings. The van der Waals surface area contributed by atoms with Gasteiger partial charge in [-0.05, 0) is 60.3 Å². The molecule has 0 spiro atoms. The minimum atomic E-state index is -1.36. The molecule has 1 aliphatic carbocycles. The highest BCUT2D eigenvalue weighted by Gasteiger charge is 2.48. The Kier molecular flexibility index (Phi) is 8.61. The smallest absolute Gasteiger partial charge is 0.451 e. The number of carboxylic acid groups (broad SMARTS) is 1. The molecule has 1 unspecified atom stereocenters. The maximum absolute atomic E-state index is 11.8. The molecular weight excluding hydrogens is 450 g/mol. The van der Waals surface area contributed by atoms with Gasteiger partial charge in [0, 0.05) is 12.6 Å². The van der Waals surface area contributed by atoms with Crippen molar-refractivity contribution in [1.82, 2.24) is 5.32 Å². The first-order valence-electron chi connectivity index (χ1n) is 10.8. The number of nitrogens with two attached hydrogens (primary N) is 1. The van der Waals surface area contributed by atoms with Gasteiger partial charge in [-0.3, -0.25) is 4.79 Å². The Morgan fingerprint density at radius 1 is 1.06 bits per heavy atom. The predicted octanol–water partition coefficient (Wildman–Crippen LogP) is 3.95. The van der Waals surface area contributed by atoms with E-state index in [1.54, 1.807) is 6.07 Å². The summed E-state index contributed by atoms with van der Waals surface area (Å²) in [5.74, 6) is -1.07. The van der Waals surface area contributed by atoms with Crippen molar-refractivity contribution < 1.29 is 19.9 Å². The van der Waals surface area contributed by atoms with Crippen molar-refractivity contribution in [3.05, 3.63) is 58.1 Å². The zero-order chi connectivity index (χ0) is 23.3. The van der Waals surface area contributed by atoms with E-state index in [-0.39, 0.29) is 18.3 Å². The second kappa shape index (κ2) is 11.0. The van der Waals surface area contributed by atoms with Crippen molar-refractivity contribution in [3.63, 3.8) is 0 Å². The number of rotatable bonds is 11. The summed E-state index contributed by atoms with van der Waals surface area (Å²) in [6.45, 7) is 0.693. The van der Waals surface area contributed by atoms with Crippen molar-refractivity contribution in [2.45, 2.75) is 56.5 Å².